The lowest BCUT2D eigenvalue weighted by Crippen LogP contribution is -2.60. The Hall–Kier alpha value is -2.57. The highest BCUT2D eigenvalue weighted by Crippen LogP contribution is 2.37. The third-order valence-corrected chi connectivity index (χ3v) is 14.5. The molecule has 21 heteroatoms. The molecular weight excluding hydrogens is 833 g/mol. The van der Waals surface area contributed by atoms with Crippen molar-refractivity contribution in [1.29, 1.82) is 0 Å². The molecule has 0 aromatic rings. The van der Waals surface area contributed by atoms with Gasteiger partial charge in [0.1, 0.15) is 36.9 Å². The van der Waals surface area contributed by atoms with Gasteiger partial charge < -0.3 is 63.5 Å². The maximum Gasteiger partial charge on any atom is 0.302 e. The lowest BCUT2D eigenvalue weighted by Gasteiger charge is -2.47. The van der Waals surface area contributed by atoms with Gasteiger partial charge in [-0.3, -0.25) is 19.2 Å². The van der Waals surface area contributed by atoms with Gasteiger partial charge in [-0.1, -0.05) is 0 Å². The van der Waals surface area contributed by atoms with Gasteiger partial charge in [-0.05, 0) is 72.3 Å². The number of ether oxygens (including phenoxy) is 5. The monoisotopic (exact) mass is 902 g/mol. The third-order valence-electron chi connectivity index (χ3n) is 13.2. The molecule has 62 heavy (non-hydrogen) atoms. The molecule has 6 aliphatic heterocycles. The molecule has 0 aromatic carbocycles. The van der Waals surface area contributed by atoms with Crippen LogP contribution in [-0.2, 0) is 52.9 Å². The lowest BCUT2D eigenvalue weighted by atomic mass is 10.0. The second-order valence-corrected chi connectivity index (χ2v) is 20.1. The van der Waals surface area contributed by atoms with Gasteiger partial charge in [0.05, 0.1) is 36.8 Å². The summed E-state index contributed by atoms with van der Waals surface area (Å²) >= 11 is 0. The van der Waals surface area contributed by atoms with Crippen LogP contribution in [0, 0.1) is 0 Å². The van der Waals surface area contributed by atoms with Crippen molar-refractivity contribution in [3.05, 3.63) is 0 Å². The minimum atomic E-state index is -3.35. The van der Waals surface area contributed by atoms with Gasteiger partial charge in [-0.25, -0.2) is 12.7 Å². The molecule has 0 radical (unpaired) electrons. The van der Waals surface area contributed by atoms with Crippen LogP contribution in [0.25, 0.3) is 0 Å². The van der Waals surface area contributed by atoms with Gasteiger partial charge in [-0.15, -0.1) is 0 Å². The minimum Gasteiger partial charge on any atom is -0.384 e. The fourth-order valence-electron chi connectivity index (χ4n) is 9.92. The van der Waals surface area contributed by atoms with Crippen LogP contribution < -0.4 is 0 Å². The SMILES string of the molecule is CC(=O)N1CCC(OC2CC(OC(O)(OC3CCN(C)C3)C3CCCN3C(C)=O)CCN2C(=O)C(C)O)CC1OC1CCN(C(=O)C(C)O)C(OC2CCN(S(C)(=O)=O)CC2)C1. The van der Waals surface area contributed by atoms with Crippen LogP contribution >= 0.6 is 0 Å². The molecule has 354 valence electrons. The molecule has 0 aromatic heterocycles. The maximum absolute atomic E-state index is 13.4. The highest BCUT2D eigenvalue weighted by molar-refractivity contribution is 7.88. The van der Waals surface area contributed by atoms with E-state index in [1.54, 1.807) is 9.80 Å². The fourth-order valence-corrected chi connectivity index (χ4v) is 10.8. The lowest BCUT2D eigenvalue weighted by molar-refractivity contribution is -0.409. The number of nitrogens with zero attached hydrogens (tertiary/aromatic N) is 6. The normalized spacial score (nSPS) is 33.0. The number of hydrogen-bond acceptors (Lipinski definition) is 15. The molecule has 0 bridgehead atoms. The minimum absolute atomic E-state index is 0.137. The van der Waals surface area contributed by atoms with Gasteiger partial charge in [-0.2, -0.15) is 0 Å². The molecule has 0 saturated carbocycles. The van der Waals surface area contributed by atoms with Crippen LogP contribution in [0.5, 0.6) is 0 Å². The number of likely N-dealkylation sites (tertiary alicyclic amines) is 5. The van der Waals surface area contributed by atoms with Crippen LogP contribution in [0.3, 0.4) is 0 Å². The van der Waals surface area contributed by atoms with E-state index >= 15 is 0 Å². The summed E-state index contributed by atoms with van der Waals surface area (Å²) in [5.74, 6) is -3.51. The van der Waals surface area contributed by atoms with Crippen molar-refractivity contribution in [3.63, 3.8) is 0 Å². The van der Waals surface area contributed by atoms with E-state index in [1.807, 2.05) is 7.05 Å². The molecule has 6 heterocycles. The van der Waals surface area contributed by atoms with Crippen LogP contribution in [0.2, 0.25) is 0 Å². The Bertz CT molecular complexity index is 1680. The number of aliphatic hydroxyl groups is 3. The standard InChI is InChI=1S/C41H70N6O14S/c1-26(48)39(52)46-20-13-32(23-37(46)57-30-10-17-43(18-11-30)62(6,55)56)58-36-22-31(12-19-45(36)29(4)51)59-38-24-33(14-21-47(38)40(53)27(2)49)60-41(54,61-34-9-16-42(5)25-34)35-8-7-15-44(35)28(3)50/h26-27,30-38,48-49,54H,7-25H2,1-6H3. The van der Waals surface area contributed by atoms with Crippen LogP contribution in [0.4, 0.5) is 0 Å². The second kappa shape index (κ2) is 20.7. The third kappa shape index (κ3) is 12.0. The van der Waals surface area contributed by atoms with Gasteiger partial charge in [0, 0.05) is 85.5 Å². The molecule has 11 unspecified atom stereocenters. The number of aliphatic hydroxyl groups excluding tert-OH is 2. The van der Waals surface area contributed by atoms with Gasteiger partial charge in [0.25, 0.3) is 11.8 Å². The summed E-state index contributed by atoms with van der Waals surface area (Å²) in [5, 5.41) is 32.9. The largest absolute Gasteiger partial charge is 0.384 e. The predicted octanol–water partition coefficient (Wildman–Crippen LogP) is -0.413. The molecule has 11 atom stereocenters. The molecule has 6 fully saturated rings. The zero-order valence-electron chi connectivity index (χ0n) is 37.2. The van der Waals surface area contributed by atoms with Crippen LogP contribution in [0.15, 0.2) is 0 Å². The van der Waals surface area contributed by atoms with Crippen molar-refractivity contribution >= 4 is 33.7 Å². The molecular formula is C41H70N6O14S. The van der Waals surface area contributed by atoms with E-state index < -0.39 is 83.1 Å². The molecule has 0 aliphatic carbocycles. The maximum atomic E-state index is 13.4. The number of rotatable bonds is 14. The van der Waals surface area contributed by atoms with E-state index in [0.717, 1.165) is 6.54 Å². The van der Waals surface area contributed by atoms with E-state index in [1.165, 1.54) is 48.1 Å². The first-order valence-corrected chi connectivity index (χ1v) is 24.3. The summed E-state index contributed by atoms with van der Waals surface area (Å²) in [5.41, 5.74) is 0. The molecule has 6 saturated heterocycles. The topological polar surface area (TPSA) is 229 Å². The second-order valence-electron chi connectivity index (χ2n) is 18.1. The number of carbonyl (C=O) groups is 4. The van der Waals surface area contributed by atoms with Crippen molar-refractivity contribution in [2.24, 2.45) is 0 Å². The average Bonchev–Trinajstić information content (AvgIpc) is 3.87. The molecule has 6 rings (SSSR count). The van der Waals surface area contributed by atoms with Crippen molar-refractivity contribution in [2.75, 3.05) is 65.7 Å². The van der Waals surface area contributed by atoms with Gasteiger partial charge in [0.2, 0.25) is 21.8 Å². The van der Waals surface area contributed by atoms with E-state index in [4.69, 9.17) is 23.7 Å². The zero-order valence-corrected chi connectivity index (χ0v) is 38.0. The van der Waals surface area contributed by atoms with Gasteiger partial charge >= 0.3 is 5.97 Å². The van der Waals surface area contributed by atoms with Crippen LogP contribution in [0.1, 0.15) is 98.3 Å². The average molecular weight is 903 g/mol. The Morgan fingerprint density at radius 2 is 1.03 bits per heavy atom. The Labute approximate surface area is 365 Å². The quantitative estimate of drug-likeness (QED) is 0.188. The summed E-state index contributed by atoms with van der Waals surface area (Å²) in [6.45, 7) is 8.83. The number of piperidine rings is 4. The zero-order chi connectivity index (χ0) is 45.1. The molecule has 6 aliphatic rings. The van der Waals surface area contributed by atoms with Crippen molar-refractivity contribution in [1.82, 2.24) is 28.8 Å². The Kier molecular flexibility index (Phi) is 16.3. The summed E-state index contributed by atoms with van der Waals surface area (Å²) in [4.78, 5) is 60.5. The number of amides is 4. The molecule has 3 N–H and O–H groups in total. The Balaban J connectivity index is 1.15. The van der Waals surface area contributed by atoms with Crippen molar-refractivity contribution in [3.8, 4) is 0 Å². The summed E-state index contributed by atoms with van der Waals surface area (Å²) in [6, 6.07) is -0.730. The number of sulfonamides is 1. The number of likely N-dealkylation sites (N-methyl/N-ethyl adjacent to an activating group) is 1. The van der Waals surface area contributed by atoms with Crippen LogP contribution in [-0.4, -0.2) is 215 Å². The molecule has 4 amide bonds. The van der Waals surface area contributed by atoms with Crippen molar-refractivity contribution < 1.29 is 66.6 Å². The van der Waals surface area contributed by atoms with Gasteiger partial charge in [0.15, 0.2) is 0 Å². The predicted molar refractivity (Wildman–Crippen MR) is 221 cm³/mol. The summed E-state index contributed by atoms with van der Waals surface area (Å²) < 4.78 is 58.4. The Morgan fingerprint density at radius 3 is 1.52 bits per heavy atom. The first-order chi connectivity index (χ1) is 29.2. The number of hydrogen-bond donors (Lipinski definition) is 3. The molecule has 0 spiro atoms. The highest BCUT2D eigenvalue weighted by atomic mass is 32.2. The summed E-state index contributed by atoms with van der Waals surface area (Å²) in [6.07, 6.45) is -1.48. The first kappa shape index (κ1) is 48.9. The Morgan fingerprint density at radius 1 is 0.597 bits per heavy atom. The first-order valence-electron chi connectivity index (χ1n) is 22.4. The van der Waals surface area contributed by atoms with E-state index in [-0.39, 0.29) is 69.5 Å². The fraction of sp³-hybridized carbons (Fsp3) is 0.902. The number of carbonyl (C=O) groups excluding carboxylic acids is 4. The van der Waals surface area contributed by atoms with E-state index in [0.29, 0.717) is 71.0 Å². The molecule has 20 nitrogen and oxygen atoms in total. The van der Waals surface area contributed by atoms with E-state index in [2.05, 4.69) is 4.90 Å². The van der Waals surface area contributed by atoms with E-state index in [9.17, 15) is 42.9 Å². The van der Waals surface area contributed by atoms with Crippen molar-refractivity contribution in [2.45, 2.75) is 172 Å². The smallest absolute Gasteiger partial charge is 0.302 e. The summed E-state index contributed by atoms with van der Waals surface area (Å²) in [7, 11) is -1.38. The highest BCUT2D eigenvalue weighted by Gasteiger charge is 2.51.